The molecule has 2 aliphatic rings. The summed E-state index contributed by atoms with van der Waals surface area (Å²) >= 11 is 0. The Kier molecular flexibility index (Phi) is 1.10. The fourth-order valence-electron chi connectivity index (χ4n) is 2.19. The van der Waals surface area contributed by atoms with E-state index in [1.54, 1.807) is 6.20 Å². The largest absolute Gasteiger partial charge is 0.455 e. The normalized spacial score (nSPS) is 12.0. The monoisotopic (exact) mass is 193 g/mol. The third-order valence-electron chi connectivity index (χ3n) is 2.92. The minimum Gasteiger partial charge on any atom is -0.455 e. The second-order valence-electron chi connectivity index (χ2n) is 3.76. The molecular weight excluding hydrogens is 186 g/mol. The number of furan rings is 1. The van der Waals surface area contributed by atoms with E-state index in [9.17, 15) is 0 Å². The van der Waals surface area contributed by atoms with E-state index in [1.807, 2.05) is 12.3 Å². The van der Waals surface area contributed by atoms with Gasteiger partial charge >= 0.3 is 0 Å². The summed E-state index contributed by atoms with van der Waals surface area (Å²) in [7, 11) is 0. The highest BCUT2D eigenvalue weighted by Gasteiger charge is 2.19. The Morgan fingerprint density at radius 1 is 0.800 bits per heavy atom. The molecule has 0 radical (unpaired) electrons. The van der Waals surface area contributed by atoms with Crippen molar-refractivity contribution in [3.8, 4) is 22.6 Å². The minimum absolute atomic E-state index is 0.938. The molecule has 0 saturated carbocycles. The van der Waals surface area contributed by atoms with Crippen molar-refractivity contribution in [1.29, 1.82) is 0 Å². The Hall–Kier alpha value is -2.09. The van der Waals surface area contributed by atoms with Gasteiger partial charge in [-0.2, -0.15) is 0 Å². The Bertz CT molecular complexity index is 608. The second kappa shape index (κ2) is 2.28. The maximum absolute atomic E-state index is 5.87. The average Bonchev–Trinajstić information content (AvgIpc) is 2.46. The quantitative estimate of drug-likeness (QED) is 0.427. The van der Waals surface area contributed by atoms with E-state index in [4.69, 9.17) is 4.42 Å². The molecule has 0 aliphatic carbocycles. The molecule has 3 aromatic rings. The summed E-state index contributed by atoms with van der Waals surface area (Å²) in [5.74, 6) is 1.90. The summed E-state index contributed by atoms with van der Waals surface area (Å²) in [5, 5.41) is 2.26. The molecule has 2 heteroatoms. The molecule has 0 atom stereocenters. The van der Waals surface area contributed by atoms with Gasteiger partial charge in [0, 0.05) is 34.3 Å². The lowest BCUT2D eigenvalue weighted by atomic mass is 10.0. The fraction of sp³-hybridized carbons (Fsp3) is 0. The molecule has 0 N–H and O–H groups in total. The van der Waals surface area contributed by atoms with Gasteiger partial charge in [-0.3, -0.25) is 4.98 Å². The summed E-state index contributed by atoms with van der Waals surface area (Å²) in [6.45, 7) is 0. The van der Waals surface area contributed by atoms with Gasteiger partial charge in [0.25, 0.3) is 0 Å². The minimum atomic E-state index is 0.938. The van der Waals surface area contributed by atoms with Gasteiger partial charge < -0.3 is 4.42 Å². The van der Waals surface area contributed by atoms with E-state index >= 15 is 0 Å². The van der Waals surface area contributed by atoms with Crippen molar-refractivity contribution in [3.63, 3.8) is 0 Å². The summed E-state index contributed by atoms with van der Waals surface area (Å²) < 4.78 is 5.87. The highest BCUT2D eigenvalue weighted by atomic mass is 16.3. The van der Waals surface area contributed by atoms with Crippen LogP contribution in [-0.2, 0) is 0 Å². The SMILES string of the molecule is c1cc2c3oc(c2cn1)-c1ccc-3cc1. The molecule has 0 amide bonds. The van der Waals surface area contributed by atoms with Gasteiger partial charge in [0.05, 0.1) is 0 Å². The van der Waals surface area contributed by atoms with E-state index in [2.05, 4.69) is 29.2 Å². The van der Waals surface area contributed by atoms with Crippen LogP contribution in [0.3, 0.4) is 0 Å². The van der Waals surface area contributed by atoms with Gasteiger partial charge in [-0.1, -0.05) is 24.3 Å². The van der Waals surface area contributed by atoms with Gasteiger partial charge in [-0.25, -0.2) is 0 Å². The van der Waals surface area contributed by atoms with E-state index in [0.717, 1.165) is 33.4 Å². The molecule has 4 bridgehead atoms. The van der Waals surface area contributed by atoms with Crippen molar-refractivity contribution in [2.24, 2.45) is 0 Å². The molecule has 70 valence electrons. The van der Waals surface area contributed by atoms with Crippen molar-refractivity contribution in [2.45, 2.75) is 0 Å². The molecule has 2 aliphatic heterocycles. The number of nitrogens with zero attached hydrogens (tertiary/aromatic N) is 1. The van der Waals surface area contributed by atoms with Crippen LogP contribution in [0.15, 0.2) is 47.1 Å². The van der Waals surface area contributed by atoms with Gasteiger partial charge in [0.1, 0.15) is 11.5 Å². The topological polar surface area (TPSA) is 26.0 Å². The molecule has 0 spiro atoms. The van der Waals surface area contributed by atoms with E-state index in [-0.39, 0.29) is 0 Å². The highest BCUT2D eigenvalue weighted by Crippen LogP contribution is 2.42. The zero-order valence-electron chi connectivity index (χ0n) is 7.90. The lowest BCUT2D eigenvalue weighted by Gasteiger charge is -1.99. The van der Waals surface area contributed by atoms with E-state index < -0.39 is 0 Å². The first-order valence-electron chi connectivity index (χ1n) is 4.91. The molecule has 2 nitrogen and oxygen atoms in total. The van der Waals surface area contributed by atoms with Crippen LogP contribution in [0.2, 0.25) is 0 Å². The summed E-state index contributed by atoms with van der Waals surface area (Å²) in [6.07, 6.45) is 3.67. The summed E-state index contributed by atoms with van der Waals surface area (Å²) in [5.41, 5.74) is 2.26. The van der Waals surface area contributed by atoms with Gasteiger partial charge in [-0.05, 0) is 6.07 Å². The molecule has 1 aromatic carbocycles. The van der Waals surface area contributed by atoms with Crippen molar-refractivity contribution >= 4 is 10.8 Å². The van der Waals surface area contributed by atoms with Crippen LogP contribution in [0.5, 0.6) is 0 Å². The fourth-order valence-corrected chi connectivity index (χ4v) is 2.19. The van der Waals surface area contributed by atoms with Crippen LogP contribution in [-0.4, -0.2) is 4.98 Å². The maximum atomic E-state index is 5.87. The number of hydrogen-bond donors (Lipinski definition) is 0. The van der Waals surface area contributed by atoms with Crippen LogP contribution >= 0.6 is 0 Å². The molecule has 0 fully saturated rings. The van der Waals surface area contributed by atoms with Gasteiger partial charge in [0.15, 0.2) is 0 Å². The van der Waals surface area contributed by atoms with E-state index in [1.165, 1.54) is 0 Å². The molecule has 0 unspecified atom stereocenters. The first-order valence-corrected chi connectivity index (χ1v) is 4.91. The predicted molar refractivity (Wildman–Crippen MR) is 58.4 cm³/mol. The predicted octanol–water partition coefficient (Wildman–Crippen LogP) is 3.48. The van der Waals surface area contributed by atoms with Crippen molar-refractivity contribution in [3.05, 3.63) is 42.7 Å². The number of benzene rings is 1. The molecule has 0 saturated heterocycles. The van der Waals surface area contributed by atoms with Gasteiger partial charge in [0.2, 0.25) is 0 Å². The van der Waals surface area contributed by atoms with Crippen LogP contribution < -0.4 is 0 Å². The number of pyridine rings is 1. The lowest BCUT2D eigenvalue weighted by Crippen LogP contribution is -1.79. The average molecular weight is 193 g/mol. The Balaban J connectivity index is 2.33. The van der Waals surface area contributed by atoms with Crippen molar-refractivity contribution in [2.75, 3.05) is 0 Å². The third-order valence-corrected chi connectivity index (χ3v) is 2.92. The number of rotatable bonds is 0. The number of aromatic nitrogens is 1. The smallest absolute Gasteiger partial charge is 0.144 e. The van der Waals surface area contributed by atoms with E-state index in [0.29, 0.717) is 0 Å². The highest BCUT2D eigenvalue weighted by molar-refractivity contribution is 6.03. The number of hydrogen-bond acceptors (Lipinski definition) is 2. The van der Waals surface area contributed by atoms with Crippen LogP contribution in [0.1, 0.15) is 0 Å². The zero-order chi connectivity index (χ0) is 9.83. The van der Waals surface area contributed by atoms with Crippen LogP contribution in [0, 0.1) is 0 Å². The maximum Gasteiger partial charge on any atom is 0.144 e. The van der Waals surface area contributed by atoms with Crippen LogP contribution in [0.4, 0.5) is 0 Å². The lowest BCUT2D eigenvalue weighted by molar-refractivity contribution is 0.605. The summed E-state index contributed by atoms with van der Waals surface area (Å²) in [6, 6.07) is 10.4. The summed E-state index contributed by atoms with van der Waals surface area (Å²) in [4.78, 5) is 4.15. The molecule has 5 rings (SSSR count). The standard InChI is InChI=1S/C13H7NO/c1-3-9-4-2-8(1)12-10-5-6-14-7-11(10)13(9)15-12/h1-7H. The Labute approximate surface area is 86.2 Å². The first-order chi connectivity index (χ1) is 7.43. The Morgan fingerprint density at radius 3 is 2.20 bits per heavy atom. The second-order valence-corrected chi connectivity index (χ2v) is 3.76. The number of fused-ring (bicyclic) bond motifs is 3. The third kappa shape index (κ3) is 0.773. The Morgan fingerprint density at radius 2 is 1.47 bits per heavy atom. The van der Waals surface area contributed by atoms with Crippen LogP contribution in [0.25, 0.3) is 33.4 Å². The van der Waals surface area contributed by atoms with Crippen molar-refractivity contribution < 1.29 is 4.42 Å². The molecular formula is C13H7NO. The first kappa shape index (κ1) is 7.23. The van der Waals surface area contributed by atoms with Gasteiger partial charge in [-0.15, -0.1) is 0 Å². The molecule has 15 heavy (non-hydrogen) atoms. The molecule has 2 aromatic heterocycles. The van der Waals surface area contributed by atoms with Crippen molar-refractivity contribution in [1.82, 2.24) is 4.98 Å². The zero-order valence-corrected chi connectivity index (χ0v) is 7.90. The molecule has 4 heterocycles.